The molecule has 0 radical (unpaired) electrons. The fourth-order valence-electron chi connectivity index (χ4n) is 3.12. The molecule has 0 spiro atoms. The Labute approximate surface area is 119 Å². The molecule has 0 heterocycles. The highest BCUT2D eigenvalue weighted by Crippen LogP contribution is 2.33. The minimum Gasteiger partial charge on any atom is -0.0683 e. The number of fused-ring (bicyclic) bond motifs is 3. The molecule has 4 rings (SSSR count). The lowest BCUT2D eigenvalue weighted by molar-refractivity contribution is 1.20. The zero-order chi connectivity index (χ0) is 13.5. The quantitative estimate of drug-likeness (QED) is 0.542. The summed E-state index contributed by atoms with van der Waals surface area (Å²) in [5, 5.41) is 2.70. The van der Waals surface area contributed by atoms with Gasteiger partial charge < -0.3 is 0 Å². The molecule has 1 aliphatic rings. The molecule has 0 saturated heterocycles. The van der Waals surface area contributed by atoms with E-state index < -0.39 is 0 Å². The Morgan fingerprint density at radius 3 is 2.45 bits per heavy atom. The Morgan fingerprint density at radius 2 is 1.60 bits per heavy atom. The molecule has 3 aromatic rings. The van der Waals surface area contributed by atoms with Crippen LogP contribution >= 0.6 is 0 Å². The Hall–Kier alpha value is -2.34. The summed E-state index contributed by atoms with van der Waals surface area (Å²) in [6.45, 7) is 2.22. The minimum absolute atomic E-state index is 1.10. The first-order chi connectivity index (χ1) is 9.81. The topological polar surface area (TPSA) is 0 Å². The van der Waals surface area contributed by atoms with Crippen LogP contribution in [-0.4, -0.2) is 0 Å². The average Bonchev–Trinajstić information content (AvgIpc) is 2.88. The normalized spacial score (nSPS) is 13.3. The van der Waals surface area contributed by atoms with Gasteiger partial charge in [0.1, 0.15) is 0 Å². The van der Waals surface area contributed by atoms with E-state index >= 15 is 0 Å². The number of hydrogen-bond donors (Lipinski definition) is 0. The predicted molar refractivity (Wildman–Crippen MR) is 86.7 cm³/mol. The molecule has 0 saturated carbocycles. The highest BCUT2D eigenvalue weighted by Gasteiger charge is 2.13. The summed E-state index contributed by atoms with van der Waals surface area (Å²) < 4.78 is 0. The van der Waals surface area contributed by atoms with Crippen molar-refractivity contribution in [2.24, 2.45) is 0 Å². The van der Waals surface area contributed by atoms with E-state index in [0.29, 0.717) is 0 Å². The second kappa shape index (κ2) is 4.35. The fraction of sp³-hybridized carbons (Fsp3) is 0.100. The Kier molecular flexibility index (Phi) is 2.50. The first kappa shape index (κ1) is 11.5. The number of hydrogen-bond acceptors (Lipinski definition) is 0. The van der Waals surface area contributed by atoms with E-state index in [1.54, 1.807) is 0 Å². The van der Waals surface area contributed by atoms with Gasteiger partial charge in [-0.05, 0) is 52.4 Å². The molecular formula is C20H16. The zero-order valence-electron chi connectivity index (χ0n) is 11.6. The van der Waals surface area contributed by atoms with Gasteiger partial charge in [-0.15, -0.1) is 0 Å². The van der Waals surface area contributed by atoms with Crippen molar-refractivity contribution in [1.29, 1.82) is 0 Å². The molecule has 0 atom stereocenters. The van der Waals surface area contributed by atoms with Crippen molar-refractivity contribution in [3.63, 3.8) is 0 Å². The maximum Gasteiger partial charge on any atom is -0.00604 e. The zero-order valence-corrected chi connectivity index (χ0v) is 11.6. The van der Waals surface area contributed by atoms with Gasteiger partial charge in [0.2, 0.25) is 0 Å². The van der Waals surface area contributed by atoms with E-state index in [1.807, 2.05) is 0 Å². The maximum absolute atomic E-state index is 2.34. The largest absolute Gasteiger partial charge is 0.0683 e. The van der Waals surface area contributed by atoms with Crippen molar-refractivity contribution in [2.45, 2.75) is 13.3 Å². The van der Waals surface area contributed by atoms with E-state index in [4.69, 9.17) is 0 Å². The second-order valence-corrected chi connectivity index (χ2v) is 5.61. The predicted octanol–water partition coefficient (Wildman–Crippen LogP) is 5.47. The molecule has 0 aliphatic heterocycles. The molecule has 0 amide bonds. The van der Waals surface area contributed by atoms with Gasteiger partial charge in [0.15, 0.2) is 0 Å². The second-order valence-electron chi connectivity index (χ2n) is 5.61. The molecule has 1 aliphatic carbocycles. The van der Waals surface area contributed by atoms with Crippen LogP contribution in [-0.2, 0) is 6.42 Å². The van der Waals surface area contributed by atoms with Crippen molar-refractivity contribution < 1.29 is 0 Å². The van der Waals surface area contributed by atoms with Gasteiger partial charge in [0, 0.05) is 0 Å². The van der Waals surface area contributed by atoms with E-state index in [-0.39, 0.29) is 0 Å². The first-order valence-corrected chi connectivity index (χ1v) is 7.09. The summed E-state index contributed by atoms with van der Waals surface area (Å²) in [6, 6.07) is 21.9. The lowest BCUT2D eigenvalue weighted by Gasteiger charge is -2.08. The standard InChI is InChI=1S/C20H16/c1-14-11-18-10-8-16-7-9-17(13-20(16)19(18)12-14)15-5-3-2-4-6-15/h2-10,12-13H,11H2,1H3. The molecular weight excluding hydrogens is 240 g/mol. The molecule has 3 aromatic carbocycles. The van der Waals surface area contributed by atoms with Crippen LogP contribution in [0.1, 0.15) is 18.1 Å². The van der Waals surface area contributed by atoms with Gasteiger partial charge in [-0.1, -0.05) is 66.2 Å². The van der Waals surface area contributed by atoms with E-state index in [2.05, 4.69) is 73.7 Å². The first-order valence-electron chi connectivity index (χ1n) is 7.09. The maximum atomic E-state index is 2.34. The summed E-state index contributed by atoms with van der Waals surface area (Å²) in [6.07, 6.45) is 3.44. The van der Waals surface area contributed by atoms with Gasteiger partial charge in [0.25, 0.3) is 0 Å². The third-order valence-electron chi connectivity index (χ3n) is 4.12. The molecule has 0 heteroatoms. The molecule has 0 nitrogen and oxygen atoms in total. The van der Waals surface area contributed by atoms with E-state index in [1.165, 1.54) is 38.6 Å². The van der Waals surface area contributed by atoms with Gasteiger partial charge >= 0.3 is 0 Å². The smallest absolute Gasteiger partial charge is 0.00604 e. The summed E-state index contributed by atoms with van der Waals surface area (Å²) >= 11 is 0. The Bertz CT molecular complexity index is 823. The summed E-state index contributed by atoms with van der Waals surface area (Å²) in [5.41, 5.74) is 6.91. The third-order valence-corrected chi connectivity index (χ3v) is 4.12. The van der Waals surface area contributed by atoms with Crippen LogP contribution in [0.2, 0.25) is 0 Å². The van der Waals surface area contributed by atoms with Gasteiger partial charge in [-0.25, -0.2) is 0 Å². The van der Waals surface area contributed by atoms with Crippen LogP contribution < -0.4 is 0 Å². The van der Waals surface area contributed by atoms with Crippen molar-refractivity contribution in [1.82, 2.24) is 0 Å². The fourth-order valence-corrected chi connectivity index (χ4v) is 3.12. The van der Waals surface area contributed by atoms with Crippen molar-refractivity contribution >= 4 is 16.8 Å². The number of benzene rings is 3. The molecule has 20 heavy (non-hydrogen) atoms. The summed E-state index contributed by atoms with van der Waals surface area (Å²) in [7, 11) is 0. The molecule has 0 fully saturated rings. The van der Waals surface area contributed by atoms with Crippen LogP contribution in [0.5, 0.6) is 0 Å². The Morgan fingerprint density at radius 1 is 0.800 bits per heavy atom. The van der Waals surface area contributed by atoms with Crippen LogP contribution in [0.3, 0.4) is 0 Å². The molecule has 0 N–H and O–H groups in total. The van der Waals surface area contributed by atoms with Gasteiger partial charge in [-0.2, -0.15) is 0 Å². The molecule has 0 aromatic heterocycles. The van der Waals surface area contributed by atoms with Crippen molar-refractivity contribution in [3.05, 3.63) is 77.4 Å². The lowest BCUT2D eigenvalue weighted by atomic mass is 9.96. The van der Waals surface area contributed by atoms with E-state index in [0.717, 1.165) is 6.42 Å². The SMILES string of the molecule is CC1=Cc2c(ccc3ccc(-c4ccccc4)cc23)C1. The van der Waals surface area contributed by atoms with Crippen LogP contribution in [0.25, 0.3) is 28.0 Å². The monoisotopic (exact) mass is 256 g/mol. The van der Waals surface area contributed by atoms with Crippen LogP contribution in [0.15, 0.2) is 66.2 Å². The van der Waals surface area contributed by atoms with Crippen molar-refractivity contribution in [2.75, 3.05) is 0 Å². The highest BCUT2D eigenvalue weighted by molar-refractivity contribution is 5.96. The lowest BCUT2D eigenvalue weighted by Crippen LogP contribution is -1.86. The summed E-state index contributed by atoms with van der Waals surface area (Å²) in [5.74, 6) is 0. The summed E-state index contributed by atoms with van der Waals surface area (Å²) in [4.78, 5) is 0. The minimum atomic E-state index is 1.10. The molecule has 0 bridgehead atoms. The third kappa shape index (κ3) is 1.77. The van der Waals surface area contributed by atoms with Crippen LogP contribution in [0.4, 0.5) is 0 Å². The molecule has 96 valence electrons. The van der Waals surface area contributed by atoms with Gasteiger partial charge in [-0.3, -0.25) is 0 Å². The number of rotatable bonds is 1. The van der Waals surface area contributed by atoms with Crippen LogP contribution in [0, 0.1) is 0 Å². The van der Waals surface area contributed by atoms with E-state index in [9.17, 15) is 0 Å². The van der Waals surface area contributed by atoms with Gasteiger partial charge in [0.05, 0.1) is 0 Å². The highest BCUT2D eigenvalue weighted by atomic mass is 14.2. The molecule has 0 unspecified atom stereocenters. The van der Waals surface area contributed by atoms with Crippen molar-refractivity contribution in [3.8, 4) is 11.1 Å². The number of allylic oxidation sites excluding steroid dienone is 1. The average molecular weight is 256 g/mol. The Balaban J connectivity index is 1.98.